The summed E-state index contributed by atoms with van der Waals surface area (Å²) in [6, 6.07) is 1.78. The molecule has 19 heavy (non-hydrogen) atoms. The fourth-order valence-corrected chi connectivity index (χ4v) is 2.26. The van der Waals surface area contributed by atoms with Crippen molar-refractivity contribution < 1.29 is 19.4 Å². The maximum Gasteiger partial charge on any atom is 0.349 e. The van der Waals surface area contributed by atoms with E-state index in [-0.39, 0.29) is 29.2 Å². The number of hydrogen-bond donors (Lipinski definition) is 1. The molecule has 0 saturated carbocycles. The van der Waals surface area contributed by atoms with E-state index in [4.69, 9.17) is 9.84 Å². The Morgan fingerprint density at radius 3 is 2.58 bits per heavy atom. The Kier molecular flexibility index (Phi) is 5.35. The third-order valence-corrected chi connectivity index (χ3v) is 4.06. The second kappa shape index (κ2) is 6.56. The molecule has 0 fully saturated rings. The fraction of sp³-hybridized carbons (Fsp3) is 0.538. The molecular weight excluding hydrogens is 266 g/mol. The number of thiophene rings is 1. The van der Waals surface area contributed by atoms with Gasteiger partial charge in [0.1, 0.15) is 5.75 Å². The first-order valence-electron chi connectivity index (χ1n) is 6.11. The molecule has 0 aliphatic carbocycles. The minimum Gasteiger partial charge on any atom is -0.482 e. The SMILES string of the molecule is CCc1cc(OCC(=O)N(C)C(C)C)c(C(=O)O)s1. The van der Waals surface area contributed by atoms with Gasteiger partial charge in [-0.15, -0.1) is 11.3 Å². The molecule has 1 aromatic heterocycles. The number of amides is 1. The maximum absolute atomic E-state index is 11.8. The van der Waals surface area contributed by atoms with E-state index < -0.39 is 5.97 Å². The number of nitrogens with zero attached hydrogens (tertiary/aromatic N) is 1. The van der Waals surface area contributed by atoms with Gasteiger partial charge in [0.05, 0.1) is 0 Å². The van der Waals surface area contributed by atoms with E-state index in [9.17, 15) is 9.59 Å². The Morgan fingerprint density at radius 1 is 1.47 bits per heavy atom. The number of ether oxygens (including phenoxy) is 1. The highest BCUT2D eigenvalue weighted by Gasteiger charge is 2.18. The van der Waals surface area contributed by atoms with Gasteiger partial charge in [0.25, 0.3) is 5.91 Å². The van der Waals surface area contributed by atoms with Crippen molar-refractivity contribution in [1.29, 1.82) is 0 Å². The highest BCUT2D eigenvalue weighted by Crippen LogP contribution is 2.29. The van der Waals surface area contributed by atoms with Crippen LogP contribution in [0.5, 0.6) is 5.75 Å². The molecule has 1 amide bonds. The van der Waals surface area contributed by atoms with Crippen LogP contribution < -0.4 is 4.74 Å². The number of likely N-dealkylation sites (N-methyl/N-ethyl adjacent to an activating group) is 1. The summed E-state index contributed by atoms with van der Waals surface area (Å²) in [6.45, 7) is 5.61. The molecule has 5 nitrogen and oxygen atoms in total. The Morgan fingerprint density at radius 2 is 2.11 bits per heavy atom. The number of hydrogen-bond acceptors (Lipinski definition) is 4. The molecule has 1 N–H and O–H groups in total. The summed E-state index contributed by atoms with van der Waals surface area (Å²) in [7, 11) is 1.69. The van der Waals surface area contributed by atoms with Crippen molar-refractivity contribution in [2.24, 2.45) is 0 Å². The molecule has 0 aliphatic rings. The highest BCUT2D eigenvalue weighted by molar-refractivity contribution is 7.14. The number of rotatable bonds is 6. The van der Waals surface area contributed by atoms with Crippen molar-refractivity contribution in [3.8, 4) is 5.75 Å². The topological polar surface area (TPSA) is 66.8 Å². The molecule has 0 aromatic carbocycles. The average molecular weight is 285 g/mol. The van der Waals surface area contributed by atoms with Gasteiger partial charge in [-0.1, -0.05) is 6.92 Å². The molecule has 0 unspecified atom stereocenters. The van der Waals surface area contributed by atoms with Crippen LogP contribution in [0.4, 0.5) is 0 Å². The van der Waals surface area contributed by atoms with Crippen molar-refractivity contribution in [3.05, 3.63) is 15.8 Å². The van der Waals surface area contributed by atoms with Gasteiger partial charge < -0.3 is 14.7 Å². The smallest absolute Gasteiger partial charge is 0.349 e. The number of carboxylic acid groups (broad SMARTS) is 1. The Bertz CT molecular complexity index is 467. The van der Waals surface area contributed by atoms with Gasteiger partial charge >= 0.3 is 5.97 Å². The standard InChI is InChI=1S/C13H19NO4S/c1-5-9-6-10(12(19-9)13(16)17)18-7-11(15)14(4)8(2)3/h6,8H,5,7H2,1-4H3,(H,16,17). The molecule has 0 aliphatic heterocycles. The van der Waals surface area contributed by atoms with Crippen molar-refractivity contribution in [3.63, 3.8) is 0 Å². The molecule has 0 radical (unpaired) electrons. The maximum atomic E-state index is 11.8. The van der Waals surface area contributed by atoms with Crippen LogP contribution in [0.2, 0.25) is 0 Å². The first-order valence-corrected chi connectivity index (χ1v) is 6.92. The Balaban J connectivity index is 2.74. The lowest BCUT2D eigenvalue weighted by molar-refractivity contribution is -0.133. The van der Waals surface area contributed by atoms with Gasteiger partial charge in [-0.05, 0) is 26.3 Å². The average Bonchev–Trinajstić information content (AvgIpc) is 2.78. The summed E-state index contributed by atoms with van der Waals surface area (Å²) in [5.41, 5.74) is 0. The van der Waals surface area contributed by atoms with Gasteiger partial charge in [-0.3, -0.25) is 4.79 Å². The zero-order valence-corrected chi connectivity index (χ0v) is 12.4. The van der Waals surface area contributed by atoms with Crippen LogP contribution in [-0.2, 0) is 11.2 Å². The summed E-state index contributed by atoms with van der Waals surface area (Å²) >= 11 is 1.18. The van der Waals surface area contributed by atoms with Crippen LogP contribution in [0.25, 0.3) is 0 Å². The van der Waals surface area contributed by atoms with Crippen LogP contribution >= 0.6 is 11.3 Å². The predicted octanol–water partition coefficient (Wildman–Crippen LogP) is 2.25. The van der Waals surface area contributed by atoms with Crippen LogP contribution in [0.3, 0.4) is 0 Å². The summed E-state index contributed by atoms with van der Waals surface area (Å²) in [5, 5.41) is 9.07. The first kappa shape index (κ1) is 15.5. The molecule has 0 bridgehead atoms. The van der Waals surface area contributed by atoms with Crippen molar-refractivity contribution in [2.45, 2.75) is 33.2 Å². The third-order valence-electron chi connectivity index (χ3n) is 2.81. The van der Waals surface area contributed by atoms with E-state index in [0.717, 1.165) is 11.3 Å². The molecule has 0 spiro atoms. The zero-order chi connectivity index (χ0) is 14.6. The lowest BCUT2D eigenvalue weighted by Gasteiger charge is -2.21. The normalized spacial score (nSPS) is 10.6. The summed E-state index contributed by atoms with van der Waals surface area (Å²) in [4.78, 5) is 25.5. The van der Waals surface area contributed by atoms with Gasteiger partial charge in [0.15, 0.2) is 11.5 Å². The van der Waals surface area contributed by atoms with Crippen molar-refractivity contribution in [1.82, 2.24) is 4.90 Å². The van der Waals surface area contributed by atoms with Gasteiger partial charge in [-0.25, -0.2) is 4.79 Å². The van der Waals surface area contributed by atoms with Gasteiger partial charge in [0.2, 0.25) is 0 Å². The second-order valence-electron chi connectivity index (χ2n) is 4.45. The minimum absolute atomic E-state index is 0.0868. The fourth-order valence-electron chi connectivity index (χ4n) is 1.38. The van der Waals surface area contributed by atoms with Crippen LogP contribution in [0.15, 0.2) is 6.07 Å². The Labute approximate surface area is 116 Å². The predicted molar refractivity (Wildman–Crippen MR) is 74.1 cm³/mol. The summed E-state index contributed by atoms with van der Waals surface area (Å²) in [5.74, 6) is -0.917. The number of carbonyl (C=O) groups is 2. The van der Waals surface area contributed by atoms with Crippen LogP contribution in [0.1, 0.15) is 35.3 Å². The minimum atomic E-state index is -1.02. The molecular formula is C13H19NO4S. The number of carbonyl (C=O) groups excluding carboxylic acids is 1. The molecule has 0 atom stereocenters. The second-order valence-corrected chi connectivity index (χ2v) is 5.59. The Hall–Kier alpha value is -1.56. The largest absolute Gasteiger partial charge is 0.482 e. The molecule has 1 rings (SSSR count). The molecule has 106 valence electrons. The van der Waals surface area contributed by atoms with E-state index in [1.54, 1.807) is 18.0 Å². The lowest BCUT2D eigenvalue weighted by atomic mass is 10.3. The summed E-state index contributed by atoms with van der Waals surface area (Å²) in [6.07, 6.45) is 0.744. The lowest BCUT2D eigenvalue weighted by Crippen LogP contribution is -2.36. The monoisotopic (exact) mass is 285 g/mol. The number of aromatic carboxylic acids is 1. The van der Waals surface area contributed by atoms with Crippen LogP contribution in [-0.4, -0.2) is 41.6 Å². The van der Waals surface area contributed by atoms with E-state index in [1.807, 2.05) is 20.8 Å². The van der Waals surface area contributed by atoms with E-state index in [2.05, 4.69) is 0 Å². The zero-order valence-electron chi connectivity index (χ0n) is 11.6. The number of aryl methyl sites for hydroxylation is 1. The van der Waals surface area contributed by atoms with E-state index >= 15 is 0 Å². The van der Waals surface area contributed by atoms with Crippen LogP contribution in [0, 0.1) is 0 Å². The molecule has 6 heteroatoms. The summed E-state index contributed by atoms with van der Waals surface area (Å²) < 4.78 is 5.35. The highest BCUT2D eigenvalue weighted by atomic mass is 32.1. The van der Waals surface area contributed by atoms with Crippen molar-refractivity contribution >= 4 is 23.2 Å². The quantitative estimate of drug-likeness (QED) is 0.870. The van der Waals surface area contributed by atoms with Gasteiger partial charge in [-0.2, -0.15) is 0 Å². The molecule has 1 aromatic rings. The van der Waals surface area contributed by atoms with Crippen molar-refractivity contribution in [2.75, 3.05) is 13.7 Å². The third kappa shape index (κ3) is 3.96. The van der Waals surface area contributed by atoms with E-state index in [0.29, 0.717) is 0 Å². The molecule has 1 heterocycles. The number of carboxylic acids is 1. The molecule has 0 saturated heterocycles. The van der Waals surface area contributed by atoms with Gasteiger partial charge in [0, 0.05) is 18.0 Å². The van der Waals surface area contributed by atoms with E-state index in [1.165, 1.54) is 11.3 Å². The first-order chi connectivity index (χ1) is 8.86.